The standard InChI is InChI=1S/C13H26N2O3/c1-3-13(14,12(16)17)7-4-8-15-9-5-11(18-2)6-10-15/h11H,3-10,14H2,1-2H3,(H,16,17). The van der Waals surface area contributed by atoms with Crippen molar-refractivity contribution in [1.82, 2.24) is 4.90 Å². The van der Waals surface area contributed by atoms with Crippen molar-refractivity contribution in [2.24, 2.45) is 5.73 Å². The van der Waals surface area contributed by atoms with Gasteiger partial charge in [0.2, 0.25) is 0 Å². The molecule has 0 saturated carbocycles. The molecule has 0 bridgehead atoms. The lowest BCUT2D eigenvalue weighted by Crippen LogP contribution is -2.48. The molecule has 1 saturated heterocycles. The van der Waals surface area contributed by atoms with Gasteiger partial charge in [0.25, 0.3) is 0 Å². The minimum atomic E-state index is -1.05. The van der Waals surface area contributed by atoms with E-state index in [1.54, 1.807) is 7.11 Å². The van der Waals surface area contributed by atoms with Crippen LogP contribution in [-0.4, -0.2) is 54.4 Å². The minimum absolute atomic E-state index is 0.393. The number of nitrogens with zero attached hydrogens (tertiary/aromatic N) is 1. The maximum Gasteiger partial charge on any atom is 0.323 e. The van der Waals surface area contributed by atoms with E-state index in [1.807, 2.05) is 6.92 Å². The SMILES string of the molecule is CCC(N)(CCCN1CCC(OC)CC1)C(=O)O. The van der Waals surface area contributed by atoms with Crippen LogP contribution in [0.1, 0.15) is 39.0 Å². The lowest BCUT2D eigenvalue weighted by molar-refractivity contribution is -0.143. The summed E-state index contributed by atoms with van der Waals surface area (Å²) >= 11 is 0. The van der Waals surface area contributed by atoms with Gasteiger partial charge in [-0.15, -0.1) is 0 Å². The van der Waals surface area contributed by atoms with Crippen molar-refractivity contribution in [3.05, 3.63) is 0 Å². The summed E-state index contributed by atoms with van der Waals surface area (Å²) in [5, 5.41) is 9.08. The van der Waals surface area contributed by atoms with Crippen molar-refractivity contribution in [3.8, 4) is 0 Å². The van der Waals surface area contributed by atoms with E-state index in [0.717, 1.165) is 38.9 Å². The third-order valence-corrected chi connectivity index (χ3v) is 4.02. The zero-order valence-corrected chi connectivity index (χ0v) is 11.5. The van der Waals surface area contributed by atoms with Crippen LogP contribution >= 0.6 is 0 Å². The van der Waals surface area contributed by atoms with Crippen molar-refractivity contribution in [2.75, 3.05) is 26.7 Å². The van der Waals surface area contributed by atoms with Crippen molar-refractivity contribution < 1.29 is 14.6 Å². The molecule has 1 atom stereocenters. The first-order valence-electron chi connectivity index (χ1n) is 6.79. The molecule has 1 unspecified atom stereocenters. The van der Waals surface area contributed by atoms with Gasteiger partial charge in [-0.05, 0) is 38.6 Å². The molecule has 1 heterocycles. The number of aliphatic carboxylic acids is 1. The van der Waals surface area contributed by atoms with Crippen molar-refractivity contribution in [2.45, 2.75) is 50.7 Å². The number of ether oxygens (including phenoxy) is 1. The van der Waals surface area contributed by atoms with E-state index in [0.29, 0.717) is 18.9 Å². The van der Waals surface area contributed by atoms with Gasteiger partial charge in [0.05, 0.1) is 6.10 Å². The average Bonchev–Trinajstić information content (AvgIpc) is 2.39. The van der Waals surface area contributed by atoms with Gasteiger partial charge in [0, 0.05) is 20.2 Å². The van der Waals surface area contributed by atoms with E-state index < -0.39 is 11.5 Å². The van der Waals surface area contributed by atoms with Crippen LogP contribution in [0.15, 0.2) is 0 Å². The summed E-state index contributed by atoms with van der Waals surface area (Å²) in [6, 6.07) is 0. The average molecular weight is 258 g/mol. The molecule has 1 rings (SSSR count). The molecule has 18 heavy (non-hydrogen) atoms. The van der Waals surface area contributed by atoms with Crippen LogP contribution in [0, 0.1) is 0 Å². The normalized spacial score (nSPS) is 21.7. The molecule has 0 aliphatic carbocycles. The van der Waals surface area contributed by atoms with Gasteiger partial charge >= 0.3 is 5.97 Å². The summed E-state index contributed by atoms with van der Waals surface area (Å²) in [6.45, 7) is 4.84. The Bertz CT molecular complexity index is 265. The molecule has 106 valence electrons. The van der Waals surface area contributed by atoms with Gasteiger partial charge in [-0.2, -0.15) is 0 Å². The first-order valence-corrected chi connectivity index (χ1v) is 6.79. The Balaban J connectivity index is 2.24. The third-order valence-electron chi connectivity index (χ3n) is 4.02. The molecule has 1 fully saturated rings. The Morgan fingerprint density at radius 3 is 2.56 bits per heavy atom. The lowest BCUT2D eigenvalue weighted by Gasteiger charge is -2.32. The van der Waals surface area contributed by atoms with E-state index in [2.05, 4.69) is 4.90 Å². The first kappa shape index (κ1) is 15.4. The number of carbonyl (C=O) groups is 1. The number of hydrogen-bond acceptors (Lipinski definition) is 4. The summed E-state index contributed by atoms with van der Waals surface area (Å²) in [5.41, 5.74) is 4.81. The molecule has 0 aromatic rings. The predicted octanol–water partition coefficient (Wildman–Crippen LogP) is 1.07. The highest BCUT2D eigenvalue weighted by Crippen LogP contribution is 2.17. The largest absolute Gasteiger partial charge is 0.480 e. The van der Waals surface area contributed by atoms with E-state index in [9.17, 15) is 4.79 Å². The third kappa shape index (κ3) is 4.23. The molecule has 0 aromatic carbocycles. The van der Waals surface area contributed by atoms with Crippen LogP contribution in [-0.2, 0) is 9.53 Å². The number of rotatable bonds is 7. The van der Waals surface area contributed by atoms with Crippen LogP contribution in [0.3, 0.4) is 0 Å². The van der Waals surface area contributed by atoms with Crippen LogP contribution in [0.4, 0.5) is 0 Å². The fourth-order valence-electron chi connectivity index (χ4n) is 2.42. The number of piperidine rings is 1. The van der Waals surface area contributed by atoms with Crippen molar-refractivity contribution in [3.63, 3.8) is 0 Å². The molecular weight excluding hydrogens is 232 g/mol. The van der Waals surface area contributed by atoms with Crippen molar-refractivity contribution >= 4 is 5.97 Å². The van der Waals surface area contributed by atoms with Crippen LogP contribution < -0.4 is 5.73 Å². The zero-order valence-electron chi connectivity index (χ0n) is 11.5. The monoisotopic (exact) mass is 258 g/mol. The molecule has 0 aromatic heterocycles. The Morgan fingerprint density at radius 1 is 1.50 bits per heavy atom. The molecule has 0 radical (unpaired) electrons. The lowest BCUT2D eigenvalue weighted by atomic mass is 9.91. The van der Waals surface area contributed by atoms with Gasteiger partial charge in [0.15, 0.2) is 0 Å². The number of likely N-dealkylation sites (tertiary alicyclic amines) is 1. The maximum atomic E-state index is 11.1. The highest BCUT2D eigenvalue weighted by atomic mass is 16.5. The van der Waals surface area contributed by atoms with E-state index in [4.69, 9.17) is 15.6 Å². The second kappa shape index (κ2) is 7.07. The molecule has 0 amide bonds. The predicted molar refractivity (Wildman–Crippen MR) is 70.6 cm³/mol. The van der Waals surface area contributed by atoms with Gasteiger partial charge in [0.1, 0.15) is 5.54 Å². The smallest absolute Gasteiger partial charge is 0.323 e. The van der Waals surface area contributed by atoms with E-state index >= 15 is 0 Å². The molecule has 0 spiro atoms. The van der Waals surface area contributed by atoms with Gasteiger partial charge in [-0.1, -0.05) is 6.92 Å². The van der Waals surface area contributed by atoms with Crippen LogP contribution in [0.25, 0.3) is 0 Å². The number of nitrogens with two attached hydrogens (primary N) is 1. The molecule has 5 heteroatoms. The van der Waals surface area contributed by atoms with Crippen molar-refractivity contribution in [1.29, 1.82) is 0 Å². The highest BCUT2D eigenvalue weighted by molar-refractivity contribution is 5.78. The molecule has 3 N–H and O–H groups in total. The fraction of sp³-hybridized carbons (Fsp3) is 0.923. The first-order chi connectivity index (χ1) is 8.51. The van der Waals surface area contributed by atoms with Gasteiger partial charge < -0.3 is 20.5 Å². The maximum absolute atomic E-state index is 11.1. The Morgan fingerprint density at radius 2 is 2.11 bits per heavy atom. The highest BCUT2D eigenvalue weighted by Gasteiger charge is 2.31. The fourth-order valence-corrected chi connectivity index (χ4v) is 2.42. The summed E-state index contributed by atoms with van der Waals surface area (Å²) in [5.74, 6) is -0.886. The van der Waals surface area contributed by atoms with Crippen LogP contribution in [0.5, 0.6) is 0 Å². The van der Waals surface area contributed by atoms with Gasteiger partial charge in [-0.25, -0.2) is 0 Å². The number of hydrogen-bond donors (Lipinski definition) is 2. The summed E-state index contributed by atoms with van der Waals surface area (Å²) in [4.78, 5) is 13.4. The Kier molecular flexibility index (Phi) is 6.05. The second-order valence-corrected chi connectivity index (χ2v) is 5.20. The molecule has 5 nitrogen and oxygen atoms in total. The Hall–Kier alpha value is -0.650. The number of carboxylic acid groups (broad SMARTS) is 1. The molecule has 1 aliphatic heterocycles. The van der Waals surface area contributed by atoms with Gasteiger partial charge in [-0.3, -0.25) is 4.79 Å². The second-order valence-electron chi connectivity index (χ2n) is 5.20. The molecular formula is C13H26N2O3. The Labute approximate surface area is 109 Å². The summed E-state index contributed by atoms with van der Waals surface area (Å²) < 4.78 is 5.32. The number of carboxylic acids is 1. The van der Waals surface area contributed by atoms with Crippen LogP contribution in [0.2, 0.25) is 0 Å². The van der Waals surface area contributed by atoms with E-state index in [1.165, 1.54) is 0 Å². The topological polar surface area (TPSA) is 75.8 Å². The zero-order chi connectivity index (χ0) is 13.6. The number of methoxy groups -OCH3 is 1. The quantitative estimate of drug-likeness (QED) is 0.714. The molecule has 1 aliphatic rings. The summed E-state index contributed by atoms with van der Waals surface area (Å²) in [6.07, 6.45) is 4.39. The summed E-state index contributed by atoms with van der Waals surface area (Å²) in [7, 11) is 1.76. The minimum Gasteiger partial charge on any atom is -0.480 e. The van der Waals surface area contributed by atoms with E-state index in [-0.39, 0.29) is 0 Å².